The van der Waals surface area contributed by atoms with Gasteiger partial charge >= 0.3 is 0 Å². The fourth-order valence-electron chi connectivity index (χ4n) is 5.55. The lowest BCUT2D eigenvalue weighted by Gasteiger charge is -2.57. The van der Waals surface area contributed by atoms with E-state index in [0.717, 1.165) is 45.3 Å². The summed E-state index contributed by atoms with van der Waals surface area (Å²) in [5, 5.41) is 7.64. The molecular formula is C18H25ClN4O2S. The smallest absolute Gasteiger partial charge is 0.243 e. The minimum Gasteiger partial charge on any atom is -0.289 e. The fraction of sp³-hybridized carbons (Fsp3) is 0.667. The highest BCUT2D eigenvalue weighted by molar-refractivity contribution is 7.89. The summed E-state index contributed by atoms with van der Waals surface area (Å²) >= 11 is 5.96. The number of halogens is 1. The minimum atomic E-state index is -3.50. The van der Waals surface area contributed by atoms with Crippen molar-refractivity contribution in [3.05, 3.63) is 29.3 Å². The maximum Gasteiger partial charge on any atom is 0.243 e. The Morgan fingerprint density at radius 1 is 1.08 bits per heavy atom. The first kappa shape index (κ1) is 17.4. The van der Waals surface area contributed by atoms with Crippen molar-refractivity contribution < 1.29 is 8.42 Å². The van der Waals surface area contributed by atoms with Crippen LogP contribution >= 0.6 is 11.6 Å². The van der Waals surface area contributed by atoms with Gasteiger partial charge in [0, 0.05) is 48.7 Å². The van der Waals surface area contributed by atoms with Gasteiger partial charge in [-0.2, -0.15) is 4.31 Å². The number of sulfonamides is 1. The Bertz CT molecular complexity index is 787. The van der Waals surface area contributed by atoms with E-state index >= 15 is 0 Å². The zero-order chi connectivity index (χ0) is 17.9. The molecule has 2 bridgehead atoms. The second-order valence-electron chi connectivity index (χ2n) is 7.91. The number of nitrogens with one attached hydrogen (secondary N) is 2. The molecule has 5 unspecified atom stereocenters. The van der Waals surface area contributed by atoms with Crippen molar-refractivity contribution in [3.63, 3.8) is 0 Å². The van der Waals surface area contributed by atoms with Gasteiger partial charge in [0.1, 0.15) is 6.29 Å². The molecule has 6 nitrogen and oxygen atoms in total. The minimum absolute atomic E-state index is 0.0854. The van der Waals surface area contributed by atoms with Gasteiger partial charge in [-0.15, -0.1) is 0 Å². The highest BCUT2D eigenvalue weighted by Gasteiger charge is 2.54. The number of fused-ring (bicyclic) bond motifs is 6. The number of piperidine rings is 2. The molecule has 142 valence electrons. The summed E-state index contributed by atoms with van der Waals surface area (Å²) in [5.41, 5.74) is 0. The lowest BCUT2D eigenvalue weighted by molar-refractivity contribution is -0.0466. The Labute approximate surface area is 159 Å². The van der Waals surface area contributed by atoms with E-state index < -0.39 is 10.0 Å². The first-order valence-electron chi connectivity index (χ1n) is 9.57. The van der Waals surface area contributed by atoms with Crippen molar-refractivity contribution >= 4 is 21.6 Å². The topological polar surface area (TPSA) is 64.7 Å². The van der Waals surface area contributed by atoms with Gasteiger partial charge in [-0.05, 0) is 43.5 Å². The standard InChI is InChI=1S/C18H25ClN4O2S/c19-12-4-6-14(7-5-12)26(24,25)23-13-2-1-3-16(23)15-11-21-18-20-8-9-22(18)17(15)10-13/h4-7,13,15-18,20-21H,1-3,8-11H2. The van der Waals surface area contributed by atoms with Crippen LogP contribution in [0.1, 0.15) is 25.7 Å². The summed E-state index contributed by atoms with van der Waals surface area (Å²) in [6, 6.07) is 7.28. The van der Waals surface area contributed by atoms with E-state index in [-0.39, 0.29) is 18.4 Å². The van der Waals surface area contributed by atoms with E-state index in [1.54, 1.807) is 24.3 Å². The van der Waals surface area contributed by atoms with Crippen LogP contribution in [0.4, 0.5) is 0 Å². The Morgan fingerprint density at radius 3 is 2.69 bits per heavy atom. The third-order valence-electron chi connectivity index (χ3n) is 6.63. The normalized spacial score (nSPS) is 38.0. The third-order valence-corrected chi connectivity index (χ3v) is 8.87. The maximum absolute atomic E-state index is 13.5. The summed E-state index contributed by atoms with van der Waals surface area (Å²) in [6.45, 7) is 2.92. The molecule has 2 N–H and O–H groups in total. The van der Waals surface area contributed by atoms with Gasteiger partial charge < -0.3 is 0 Å². The van der Waals surface area contributed by atoms with Crippen LogP contribution in [0.3, 0.4) is 0 Å². The van der Waals surface area contributed by atoms with E-state index in [2.05, 4.69) is 15.5 Å². The highest BCUT2D eigenvalue weighted by Crippen LogP contribution is 2.44. The predicted molar refractivity (Wildman–Crippen MR) is 100 cm³/mol. The lowest BCUT2D eigenvalue weighted by atomic mass is 9.74. The van der Waals surface area contributed by atoms with Crippen molar-refractivity contribution in [1.29, 1.82) is 0 Å². The van der Waals surface area contributed by atoms with E-state index in [4.69, 9.17) is 11.6 Å². The molecule has 5 atom stereocenters. The summed E-state index contributed by atoms with van der Waals surface area (Å²) in [7, 11) is -3.50. The average molecular weight is 397 g/mol. The molecule has 1 aromatic rings. The zero-order valence-electron chi connectivity index (χ0n) is 14.6. The molecule has 0 amide bonds. The molecule has 4 aliphatic rings. The van der Waals surface area contributed by atoms with Gasteiger partial charge in [-0.3, -0.25) is 15.5 Å². The molecule has 0 spiro atoms. The Morgan fingerprint density at radius 2 is 1.88 bits per heavy atom. The van der Waals surface area contributed by atoms with Crippen LogP contribution in [0.2, 0.25) is 5.02 Å². The van der Waals surface area contributed by atoms with Crippen molar-refractivity contribution in [3.8, 4) is 0 Å². The van der Waals surface area contributed by atoms with Crippen LogP contribution in [0.15, 0.2) is 29.2 Å². The fourth-order valence-corrected chi connectivity index (χ4v) is 7.60. The SMILES string of the molecule is O=S(=O)(c1ccc(Cl)cc1)N1C2CCCC1C1CNC3NCCN3C1C2. The van der Waals surface area contributed by atoms with E-state index in [0.29, 0.717) is 21.9 Å². The predicted octanol–water partition coefficient (Wildman–Crippen LogP) is 1.43. The van der Waals surface area contributed by atoms with Crippen LogP contribution in [0.5, 0.6) is 0 Å². The second kappa shape index (κ2) is 6.43. The quantitative estimate of drug-likeness (QED) is 0.791. The van der Waals surface area contributed by atoms with Crippen molar-refractivity contribution in [1.82, 2.24) is 19.8 Å². The maximum atomic E-state index is 13.5. The molecule has 4 heterocycles. The van der Waals surface area contributed by atoms with Crippen LogP contribution in [0.25, 0.3) is 0 Å². The molecule has 1 aromatic carbocycles. The van der Waals surface area contributed by atoms with Crippen molar-refractivity contribution in [2.24, 2.45) is 5.92 Å². The van der Waals surface area contributed by atoms with Gasteiger partial charge in [0.15, 0.2) is 0 Å². The Balaban J connectivity index is 1.49. The second-order valence-corrected chi connectivity index (χ2v) is 10.2. The Hall–Kier alpha value is -0.700. The van der Waals surface area contributed by atoms with Crippen molar-refractivity contribution in [2.45, 2.75) is 55.0 Å². The monoisotopic (exact) mass is 396 g/mol. The van der Waals surface area contributed by atoms with E-state index in [9.17, 15) is 8.42 Å². The molecule has 4 aliphatic heterocycles. The molecule has 0 aliphatic carbocycles. The average Bonchev–Trinajstić information content (AvgIpc) is 3.11. The molecule has 4 fully saturated rings. The summed E-state index contributed by atoms with van der Waals surface area (Å²) in [4.78, 5) is 2.88. The molecule has 5 rings (SSSR count). The zero-order valence-corrected chi connectivity index (χ0v) is 16.2. The summed E-state index contributed by atoms with van der Waals surface area (Å²) < 4.78 is 28.8. The number of benzene rings is 1. The van der Waals surface area contributed by atoms with Gasteiger partial charge in [0.25, 0.3) is 0 Å². The molecular weight excluding hydrogens is 372 g/mol. The van der Waals surface area contributed by atoms with Crippen LogP contribution in [-0.4, -0.2) is 61.7 Å². The Kier molecular flexibility index (Phi) is 4.30. The molecule has 0 aromatic heterocycles. The van der Waals surface area contributed by atoms with Gasteiger partial charge in [0.2, 0.25) is 10.0 Å². The first-order valence-corrected chi connectivity index (χ1v) is 11.4. The van der Waals surface area contributed by atoms with Crippen LogP contribution in [-0.2, 0) is 10.0 Å². The number of rotatable bonds is 2. The van der Waals surface area contributed by atoms with E-state index in [1.165, 1.54) is 0 Å². The molecule has 0 radical (unpaired) electrons. The van der Waals surface area contributed by atoms with E-state index in [1.807, 2.05) is 4.31 Å². The first-order chi connectivity index (χ1) is 12.6. The summed E-state index contributed by atoms with van der Waals surface area (Å²) in [6.07, 6.45) is 4.24. The largest absolute Gasteiger partial charge is 0.289 e. The lowest BCUT2D eigenvalue weighted by Crippen LogP contribution is -2.71. The molecule has 0 saturated carbocycles. The molecule has 4 saturated heterocycles. The van der Waals surface area contributed by atoms with Gasteiger partial charge in [0.05, 0.1) is 4.90 Å². The molecule has 26 heavy (non-hydrogen) atoms. The van der Waals surface area contributed by atoms with Crippen LogP contribution in [0, 0.1) is 5.92 Å². The summed E-state index contributed by atoms with van der Waals surface area (Å²) in [5.74, 6) is 0.352. The third kappa shape index (κ3) is 2.64. The van der Waals surface area contributed by atoms with Crippen LogP contribution < -0.4 is 10.6 Å². The van der Waals surface area contributed by atoms with Gasteiger partial charge in [-0.25, -0.2) is 8.42 Å². The highest BCUT2D eigenvalue weighted by atomic mass is 35.5. The number of hydrogen-bond acceptors (Lipinski definition) is 5. The number of hydrogen-bond donors (Lipinski definition) is 2. The molecule has 8 heteroatoms. The number of nitrogens with zero attached hydrogens (tertiary/aromatic N) is 2. The van der Waals surface area contributed by atoms with Gasteiger partial charge in [-0.1, -0.05) is 18.0 Å². The van der Waals surface area contributed by atoms with Crippen molar-refractivity contribution in [2.75, 3.05) is 19.6 Å².